The van der Waals surface area contributed by atoms with Gasteiger partial charge in [0.25, 0.3) is 11.7 Å². The van der Waals surface area contributed by atoms with Crippen molar-refractivity contribution in [1.29, 1.82) is 0 Å². The summed E-state index contributed by atoms with van der Waals surface area (Å²) in [5, 5.41) is 65.3. The Balaban J connectivity index is 1.97. The number of phenols is 3. The highest BCUT2D eigenvalue weighted by molar-refractivity contribution is 6.23. The molecule has 5 bridgehead atoms. The first kappa shape index (κ1) is 42.6. The first-order valence-corrected chi connectivity index (χ1v) is 18.0. The van der Waals surface area contributed by atoms with Gasteiger partial charge in [0.2, 0.25) is 0 Å². The molecular formula is C40H53N3O12. The number of benzene rings is 2. The fraction of sp³-hybridized carbons (Fsp3) is 0.500. The molecule has 1 amide bonds. The molecule has 55 heavy (non-hydrogen) atoms. The number of hydrogen-bond acceptors (Lipinski definition) is 14. The van der Waals surface area contributed by atoms with E-state index in [1.165, 1.54) is 64.4 Å². The maximum absolute atomic E-state index is 14.3. The second kappa shape index (κ2) is 16.7. The van der Waals surface area contributed by atoms with Crippen LogP contribution < -0.4 is 10.1 Å². The van der Waals surface area contributed by atoms with Crippen molar-refractivity contribution in [3.63, 3.8) is 0 Å². The molecule has 0 aromatic heterocycles. The van der Waals surface area contributed by atoms with Crippen molar-refractivity contribution in [2.45, 2.75) is 85.6 Å². The number of allylic oxidation sites excluding steroid dienone is 2. The number of aliphatic hydroxyl groups excluding tert-OH is 2. The number of phenolic OH excluding ortho intramolecular Hbond substituents is 3. The van der Waals surface area contributed by atoms with E-state index in [1.807, 2.05) is 0 Å². The van der Waals surface area contributed by atoms with Gasteiger partial charge in [0.05, 0.1) is 53.0 Å². The molecule has 3 aliphatic rings. The maximum Gasteiger partial charge on any atom is 0.312 e. The summed E-state index contributed by atoms with van der Waals surface area (Å²) in [7, 11) is 4.65. The Labute approximate surface area is 320 Å². The summed E-state index contributed by atoms with van der Waals surface area (Å²) in [6.07, 6.45) is 4.69. The van der Waals surface area contributed by atoms with Crippen molar-refractivity contribution in [3.8, 4) is 23.0 Å². The summed E-state index contributed by atoms with van der Waals surface area (Å²) < 4.78 is 23.4. The highest BCUT2D eigenvalue weighted by Gasteiger charge is 2.50. The molecule has 3 heterocycles. The molecule has 9 unspecified atom stereocenters. The molecule has 0 aliphatic carbocycles. The molecule has 0 spiro atoms. The molecule has 15 heteroatoms. The molecule has 15 nitrogen and oxygen atoms in total. The van der Waals surface area contributed by atoms with Gasteiger partial charge in [-0.3, -0.25) is 14.4 Å². The van der Waals surface area contributed by atoms with Crippen LogP contribution in [-0.4, -0.2) is 106 Å². The average molecular weight is 768 g/mol. The van der Waals surface area contributed by atoms with Crippen LogP contribution in [0.1, 0.15) is 70.0 Å². The van der Waals surface area contributed by atoms with Crippen LogP contribution in [-0.2, 0) is 23.8 Å². The Hall–Kier alpha value is -5.12. The summed E-state index contributed by atoms with van der Waals surface area (Å²) in [6.45, 7) is 12.4. The largest absolute Gasteiger partial charge is 0.507 e. The van der Waals surface area contributed by atoms with Gasteiger partial charge in [-0.2, -0.15) is 5.10 Å². The molecule has 0 saturated carbocycles. The minimum absolute atomic E-state index is 0.0475. The van der Waals surface area contributed by atoms with E-state index in [1.54, 1.807) is 53.9 Å². The van der Waals surface area contributed by atoms with Crippen LogP contribution in [0.15, 0.2) is 41.2 Å². The van der Waals surface area contributed by atoms with Gasteiger partial charge in [0.1, 0.15) is 23.4 Å². The van der Waals surface area contributed by atoms with Gasteiger partial charge >= 0.3 is 11.8 Å². The molecule has 3 aliphatic heterocycles. The predicted molar refractivity (Wildman–Crippen MR) is 205 cm³/mol. The number of nitrogens with one attached hydrogen (secondary N) is 1. The number of anilines is 1. The molecule has 2 aromatic rings. The average Bonchev–Trinajstić information content (AvgIpc) is 3.39. The van der Waals surface area contributed by atoms with E-state index in [2.05, 4.69) is 10.4 Å². The molecule has 2 aromatic carbocycles. The Kier molecular flexibility index (Phi) is 13.0. The highest BCUT2D eigenvalue weighted by atomic mass is 16.7. The topological polar surface area (TPSA) is 217 Å². The highest BCUT2D eigenvalue weighted by Crippen LogP contribution is 2.55. The van der Waals surface area contributed by atoms with E-state index < -0.39 is 88.8 Å². The molecule has 300 valence electrons. The van der Waals surface area contributed by atoms with Gasteiger partial charge in [0.15, 0.2) is 5.75 Å². The third-order valence-corrected chi connectivity index (χ3v) is 10.5. The number of fused-ring (bicyclic) bond motifs is 14. The van der Waals surface area contributed by atoms with E-state index in [9.17, 15) is 39.9 Å². The Bertz CT molecular complexity index is 1950. The van der Waals surface area contributed by atoms with Crippen LogP contribution in [0.3, 0.4) is 0 Å². The lowest BCUT2D eigenvalue weighted by atomic mass is 9.78. The van der Waals surface area contributed by atoms with Crippen molar-refractivity contribution in [2.24, 2.45) is 28.8 Å². The number of carbonyl (C=O) groups excluding carboxylic acids is 3. The van der Waals surface area contributed by atoms with Crippen LogP contribution in [0, 0.1) is 30.6 Å². The Morgan fingerprint density at radius 1 is 0.964 bits per heavy atom. The third-order valence-electron chi connectivity index (χ3n) is 10.5. The van der Waals surface area contributed by atoms with Crippen molar-refractivity contribution in [2.75, 3.05) is 26.5 Å². The zero-order valence-corrected chi connectivity index (χ0v) is 33.1. The van der Waals surface area contributed by atoms with Crippen LogP contribution in [0.2, 0.25) is 0 Å². The normalized spacial score (nSPS) is 31.4. The summed E-state index contributed by atoms with van der Waals surface area (Å²) in [4.78, 5) is 40.1. The number of aromatic hydroxyl groups is 3. The first-order valence-electron chi connectivity index (χ1n) is 18.0. The lowest BCUT2D eigenvalue weighted by Gasteiger charge is -2.38. The van der Waals surface area contributed by atoms with Crippen LogP contribution in [0.4, 0.5) is 5.69 Å². The molecule has 9 atom stereocenters. The van der Waals surface area contributed by atoms with Gasteiger partial charge in [-0.05, 0) is 19.9 Å². The number of ketones is 1. The predicted octanol–water partition coefficient (Wildman–Crippen LogP) is 4.65. The monoisotopic (exact) mass is 767 g/mol. The number of hydrazone groups is 1. The van der Waals surface area contributed by atoms with E-state index >= 15 is 0 Å². The fourth-order valence-electron chi connectivity index (χ4n) is 7.05. The number of esters is 1. The van der Waals surface area contributed by atoms with Crippen molar-refractivity contribution in [1.82, 2.24) is 5.01 Å². The Morgan fingerprint density at radius 2 is 1.62 bits per heavy atom. The lowest BCUT2D eigenvalue weighted by Crippen LogP contribution is -2.46. The standard InChI is InChI=1S/C40H53N3O12/c1-18-13-12-14-19(2)39(51)42-30-25(17-41-43(9)10)34(48)27-28(35(30)49)33(47)23(6)37-29(27)38(50)40(8,55-37)53-16-15-26(52-11)20(3)36(54-24(7)44)22(5)32(46)21(4)31(18)45/h12-18,20-22,26,31-32,36,45-49H,1-11H3,(H,42,51)/b13-12+,16-15+,19-14+,41-17+. The van der Waals surface area contributed by atoms with E-state index in [4.69, 9.17) is 18.9 Å². The first-order chi connectivity index (χ1) is 25.7. The lowest BCUT2D eigenvalue weighted by molar-refractivity contribution is -0.160. The van der Waals surface area contributed by atoms with Gasteiger partial charge in [-0.15, -0.1) is 0 Å². The number of nitrogens with zero attached hydrogens (tertiary/aromatic N) is 2. The van der Waals surface area contributed by atoms with Gasteiger partial charge < -0.3 is 54.8 Å². The Morgan fingerprint density at radius 3 is 2.22 bits per heavy atom. The zero-order chi connectivity index (χ0) is 41.3. The molecule has 0 radical (unpaired) electrons. The molecule has 0 saturated heterocycles. The minimum atomic E-state index is -2.04. The fourth-order valence-corrected chi connectivity index (χ4v) is 7.05. The summed E-state index contributed by atoms with van der Waals surface area (Å²) in [6, 6.07) is 0. The van der Waals surface area contributed by atoms with Gasteiger partial charge in [-0.1, -0.05) is 45.9 Å². The second-order valence-corrected chi connectivity index (χ2v) is 14.7. The number of methoxy groups -OCH3 is 1. The summed E-state index contributed by atoms with van der Waals surface area (Å²) >= 11 is 0. The SMILES string of the molecule is COC1/C=C/OC2(C)Oc3c(C)c(O)c4c(O)c(c(/C=N/N(C)C)c(O)c4c3C2=O)NC(=O)/C(C)=C/C=C/C(C)C(O)C(C)C(O)C(C)C(OC(C)=O)C1C. The summed E-state index contributed by atoms with van der Waals surface area (Å²) in [5.74, 6) is -8.43. The molecular weight excluding hydrogens is 714 g/mol. The molecule has 0 fully saturated rings. The number of hydrogen-bond donors (Lipinski definition) is 6. The van der Waals surface area contributed by atoms with Gasteiger partial charge in [0, 0.05) is 75.2 Å². The van der Waals surface area contributed by atoms with E-state index in [0.29, 0.717) is 0 Å². The van der Waals surface area contributed by atoms with Crippen molar-refractivity contribution >= 4 is 40.3 Å². The zero-order valence-electron chi connectivity index (χ0n) is 33.1. The number of aliphatic hydroxyl groups is 2. The van der Waals surface area contributed by atoms with Gasteiger partial charge in [-0.25, -0.2) is 0 Å². The van der Waals surface area contributed by atoms with Crippen molar-refractivity contribution < 1.29 is 58.9 Å². The number of rotatable bonds is 4. The minimum Gasteiger partial charge on any atom is -0.507 e. The molecule has 6 N–H and O–H groups in total. The number of carbonyl (C=O) groups is 3. The number of amides is 1. The van der Waals surface area contributed by atoms with E-state index in [-0.39, 0.29) is 44.5 Å². The quantitative estimate of drug-likeness (QED) is 0.0822. The number of Topliss-reactive ketones (excluding diaryl/α,β-unsaturated/α-hetero) is 1. The number of ether oxygens (including phenoxy) is 4. The molecule has 5 rings (SSSR count). The van der Waals surface area contributed by atoms with Crippen LogP contribution >= 0.6 is 0 Å². The van der Waals surface area contributed by atoms with Crippen LogP contribution in [0.5, 0.6) is 23.0 Å². The summed E-state index contributed by atoms with van der Waals surface area (Å²) in [5.41, 5.74) is -0.445. The van der Waals surface area contributed by atoms with E-state index in [0.717, 1.165) is 0 Å². The van der Waals surface area contributed by atoms with Crippen LogP contribution in [0.25, 0.3) is 10.8 Å². The van der Waals surface area contributed by atoms with Crippen molar-refractivity contribution in [3.05, 3.63) is 52.8 Å². The second-order valence-electron chi connectivity index (χ2n) is 14.7. The maximum atomic E-state index is 14.3. The smallest absolute Gasteiger partial charge is 0.312 e. The third kappa shape index (κ3) is 8.28.